The van der Waals surface area contributed by atoms with Crippen molar-refractivity contribution in [2.24, 2.45) is 11.8 Å². The number of carbonyl (C=O) groups is 2. The maximum absolute atomic E-state index is 11.5. The minimum absolute atomic E-state index is 0.105. The standard InChI is InChI=1S/C24H36O2S8/c1-3-21(25)29-11-19-13-31-23(33-19)15-27-9-17-7-5-6-8-18(17)10-28-16-24-32-14-20(34-24)12-30-22(26)4-2/h3-4,17-20,23-24H,1-2,5-16H2. The van der Waals surface area contributed by atoms with Crippen molar-refractivity contribution in [1.29, 1.82) is 0 Å². The Morgan fingerprint density at radius 2 is 1.15 bits per heavy atom. The van der Waals surface area contributed by atoms with E-state index in [4.69, 9.17) is 0 Å². The molecule has 1 saturated carbocycles. The number of hydrogen-bond donors (Lipinski definition) is 0. The average Bonchev–Trinajstić information content (AvgIpc) is 3.51. The van der Waals surface area contributed by atoms with E-state index >= 15 is 0 Å². The number of thioether (sulfide) groups is 8. The number of carbonyl (C=O) groups excluding carboxylic acids is 2. The molecule has 34 heavy (non-hydrogen) atoms. The van der Waals surface area contributed by atoms with E-state index in [1.807, 2.05) is 0 Å². The Morgan fingerprint density at radius 3 is 1.56 bits per heavy atom. The second-order valence-electron chi connectivity index (χ2n) is 8.59. The normalized spacial score (nSPS) is 31.4. The number of hydrogen-bond acceptors (Lipinski definition) is 10. The quantitative estimate of drug-likeness (QED) is 0.184. The van der Waals surface area contributed by atoms with Crippen LogP contribution in [0.15, 0.2) is 25.3 Å². The molecule has 3 aliphatic rings. The van der Waals surface area contributed by atoms with Crippen molar-refractivity contribution in [2.45, 2.75) is 45.3 Å². The SMILES string of the molecule is C=CC(=O)SCC1CSC(CSCC2CCCCC2CSCC2SCC(CSC(=O)C=C)S2)S1. The molecule has 6 atom stereocenters. The zero-order valence-electron chi connectivity index (χ0n) is 19.6. The van der Waals surface area contributed by atoms with Crippen LogP contribution in [0.5, 0.6) is 0 Å². The zero-order chi connectivity index (χ0) is 24.2. The predicted molar refractivity (Wildman–Crippen MR) is 171 cm³/mol. The summed E-state index contributed by atoms with van der Waals surface area (Å²) in [6.45, 7) is 7.13. The Kier molecular flexibility index (Phi) is 15.3. The van der Waals surface area contributed by atoms with Crippen LogP contribution in [0.2, 0.25) is 0 Å². The van der Waals surface area contributed by atoms with E-state index in [1.165, 1.54) is 95.9 Å². The minimum atomic E-state index is 0.105. The van der Waals surface area contributed by atoms with Gasteiger partial charge in [0.2, 0.25) is 10.2 Å². The van der Waals surface area contributed by atoms with Crippen molar-refractivity contribution in [2.75, 3.05) is 46.0 Å². The highest BCUT2D eigenvalue weighted by molar-refractivity contribution is 8.23. The summed E-state index contributed by atoms with van der Waals surface area (Å²) < 4.78 is 1.38. The molecule has 0 aromatic heterocycles. The Bertz CT molecular complexity index is 619. The highest BCUT2D eigenvalue weighted by Gasteiger charge is 2.30. The Labute approximate surface area is 240 Å². The summed E-state index contributed by atoms with van der Waals surface area (Å²) in [5, 5.41) is 1.42. The molecule has 0 N–H and O–H groups in total. The van der Waals surface area contributed by atoms with Gasteiger partial charge in [-0.25, -0.2) is 0 Å². The summed E-state index contributed by atoms with van der Waals surface area (Å²) in [5.41, 5.74) is 0. The Morgan fingerprint density at radius 1 is 0.706 bits per heavy atom. The Balaban J connectivity index is 1.28. The van der Waals surface area contributed by atoms with Gasteiger partial charge >= 0.3 is 0 Å². The van der Waals surface area contributed by atoms with E-state index in [-0.39, 0.29) is 10.2 Å². The summed E-state index contributed by atoms with van der Waals surface area (Å²) in [6, 6.07) is 0. The summed E-state index contributed by atoms with van der Waals surface area (Å²) in [6.07, 6.45) is 8.51. The average molecular weight is 613 g/mol. The first kappa shape index (κ1) is 30.2. The molecule has 0 aromatic carbocycles. The molecule has 0 aromatic rings. The molecular formula is C24H36O2S8. The van der Waals surface area contributed by atoms with E-state index < -0.39 is 0 Å². The molecule has 192 valence electrons. The first-order valence-electron chi connectivity index (χ1n) is 11.8. The van der Waals surface area contributed by atoms with Crippen molar-refractivity contribution in [3.05, 3.63) is 25.3 Å². The highest BCUT2D eigenvalue weighted by Crippen LogP contribution is 2.44. The lowest BCUT2D eigenvalue weighted by atomic mass is 9.81. The fourth-order valence-electron chi connectivity index (χ4n) is 4.19. The molecule has 3 fully saturated rings. The van der Waals surface area contributed by atoms with Crippen LogP contribution in [0.3, 0.4) is 0 Å². The summed E-state index contributed by atoms with van der Waals surface area (Å²) in [7, 11) is 0. The maximum Gasteiger partial charge on any atom is 0.211 e. The van der Waals surface area contributed by atoms with Gasteiger partial charge in [0.05, 0.1) is 9.16 Å². The van der Waals surface area contributed by atoms with Gasteiger partial charge in [0.25, 0.3) is 0 Å². The summed E-state index contributed by atoms with van der Waals surface area (Å²) in [4.78, 5) is 22.9. The molecule has 0 amide bonds. The fourth-order valence-corrected chi connectivity index (χ4v) is 16.5. The molecule has 1 aliphatic carbocycles. The number of rotatable bonds is 14. The summed E-state index contributed by atoms with van der Waals surface area (Å²) >= 11 is 15.5. The fraction of sp³-hybridized carbons (Fsp3) is 0.750. The molecule has 2 aliphatic heterocycles. The van der Waals surface area contributed by atoms with Crippen molar-refractivity contribution in [3.8, 4) is 0 Å². The third kappa shape index (κ3) is 11.2. The van der Waals surface area contributed by atoms with Crippen LogP contribution in [-0.2, 0) is 9.59 Å². The molecule has 6 unspecified atom stereocenters. The molecular weight excluding hydrogens is 577 g/mol. The molecule has 2 nitrogen and oxygen atoms in total. The first-order chi connectivity index (χ1) is 16.6. The van der Waals surface area contributed by atoms with E-state index in [0.717, 1.165) is 23.3 Å². The van der Waals surface area contributed by atoms with Gasteiger partial charge in [0.1, 0.15) is 0 Å². The van der Waals surface area contributed by atoms with Gasteiger partial charge in [0.15, 0.2) is 0 Å². The second kappa shape index (κ2) is 17.3. The molecule has 2 heterocycles. The Hall–Kier alpha value is 1.62. The van der Waals surface area contributed by atoms with Gasteiger partial charge < -0.3 is 0 Å². The van der Waals surface area contributed by atoms with Gasteiger partial charge in [-0.15, -0.1) is 47.0 Å². The molecule has 2 saturated heterocycles. The minimum Gasteiger partial charge on any atom is -0.282 e. The van der Waals surface area contributed by atoms with Crippen LogP contribution in [0.25, 0.3) is 0 Å². The first-order valence-corrected chi connectivity index (χ1v) is 20.1. The van der Waals surface area contributed by atoms with Crippen LogP contribution >= 0.6 is 94.1 Å². The monoisotopic (exact) mass is 612 g/mol. The van der Waals surface area contributed by atoms with Gasteiger partial charge in [-0.05, 0) is 48.3 Å². The van der Waals surface area contributed by atoms with Crippen LogP contribution in [0.1, 0.15) is 25.7 Å². The lowest BCUT2D eigenvalue weighted by Gasteiger charge is -2.31. The van der Waals surface area contributed by atoms with Crippen molar-refractivity contribution in [3.63, 3.8) is 0 Å². The van der Waals surface area contributed by atoms with Gasteiger partial charge in [-0.2, -0.15) is 23.5 Å². The lowest BCUT2D eigenvalue weighted by Crippen LogP contribution is -2.24. The molecule has 0 bridgehead atoms. The van der Waals surface area contributed by atoms with Crippen LogP contribution in [0.4, 0.5) is 0 Å². The van der Waals surface area contributed by atoms with Crippen molar-refractivity contribution >= 4 is 104 Å². The largest absolute Gasteiger partial charge is 0.282 e. The van der Waals surface area contributed by atoms with Crippen LogP contribution < -0.4 is 0 Å². The topological polar surface area (TPSA) is 34.1 Å². The molecule has 3 rings (SSSR count). The van der Waals surface area contributed by atoms with Gasteiger partial charge in [-0.1, -0.05) is 49.5 Å². The lowest BCUT2D eigenvalue weighted by molar-refractivity contribution is -0.107. The predicted octanol–water partition coefficient (Wildman–Crippen LogP) is 7.50. The van der Waals surface area contributed by atoms with E-state index in [2.05, 4.69) is 83.7 Å². The zero-order valence-corrected chi connectivity index (χ0v) is 26.1. The second-order valence-corrected chi connectivity index (χ2v) is 18.9. The summed E-state index contributed by atoms with van der Waals surface area (Å²) in [5.74, 6) is 11.1. The third-order valence-electron chi connectivity index (χ3n) is 6.02. The molecule has 0 spiro atoms. The van der Waals surface area contributed by atoms with E-state index in [1.54, 1.807) is 0 Å². The van der Waals surface area contributed by atoms with E-state index in [9.17, 15) is 9.59 Å². The van der Waals surface area contributed by atoms with Crippen LogP contribution in [0, 0.1) is 11.8 Å². The third-order valence-corrected chi connectivity index (χ3v) is 18.3. The van der Waals surface area contributed by atoms with Crippen molar-refractivity contribution < 1.29 is 9.59 Å². The molecule has 0 radical (unpaired) electrons. The van der Waals surface area contributed by atoms with E-state index in [0.29, 0.717) is 19.7 Å². The smallest absolute Gasteiger partial charge is 0.211 e. The van der Waals surface area contributed by atoms with Gasteiger partial charge in [0, 0.05) is 45.0 Å². The van der Waals surface area contributed by atoms with Gasteiger partial charge in [-0.3, -0.25) is 9.59 Å². The van der Waals surface area contributed by atoms with Crippen LogP contribution in [-0.4, -0.2) is 75.9 Å². The highest BCUT2D eigenvalue weighted by atomic mass is 32.2. The van der Waals surface area contributed by atoms with Crippen molar-refractivity contribution in [1.82, 2.24) is 0 Å². The molecule has 10 heteroatoms. The maximum atomic E-state index is 11.5.